The summed E-state index contributed by atoms with van der Waals surface area (Å²) >= 11 is 6.04. The molecule has 80 valence electrons. The Bertz CT molecular complexity index is 407. The lowest BCUT2D eigenvalue weighted by Crippen LogP contribution is -1.95. The summed E-state index contributed by atoms with van der Waals surface area (Å²) in [5.41, 5.74) is 5.99. The quantitative estimate of drug-likeness (QED) is 0.779. The van der Waals surface area contributed by atoms with E-state index in [2.05, 4.69) is 11.8 Å². The molecule has 2 N–H and O–H groups in total. The zero-order valence-electron chi connectivity index (χ0n) is 8.63. The molecule has 0 unspecified atom stereocenters. The normalized spacial score (nSPS) is 9.07. The van der Waals surface area contributed by atoms with E-state index in [1.807, 2.05) is 0 Å². The predicted octanol–water partition coefficient (Wildman–Crippen LogP) is 1.67. The first kappa shape index (κ1) is 11.7. The molecule has 0 spiro atoms. The van der Waals surface area contributed by atoms with E-state index < -0.39 is 0 Å². The maximum absolute atomic E-state index is 6.04. The molecule has 0 saturated carbocycles. The number of hydrogen-bond acceptors (Lipinski definition) is 3. The Labute approximate surface area is 94.1 Å². The van der Waals surface area contributed by atoms with Crippen LogP contribution < -0.4 is 15.2 Å². The lowest BCUT2D eigenvalue weighted by Gasteiger charge is -2.09. The van der Waals surface area contributed by atoms with E-state index in [-0.39, 0.29) is 0 Å². The lowest BCUT2D eigenvalue weighted by atomic mass is 10.2. The van der Waals surface area contributed by atoms with Gasteiger partial charge in [0.1, 0.15) is 10.8 Å². The summed E-state index contributed by atoms with van der Waals surface area (Å²) in [7, 11) is 3.08. The summed E-state index contributed by atoms with van der Waals surface area (Å²) in [5, 5.41) is 0.420. The fraction of sp³-hybridized carbons (Fsp3) is 0.273. The number of halogens is 1. The third kappa shape index (κ3) is 2.56. The first-order valence-corrected chi connectivity index (χ1v) is 4.71. The van der Waals surface area contributed by atoms with E-state index in [0.29, 0.717) is 28.6 Å². The number of benzene rings is 1. The highest BCUT2D eigenvalue weighted by Crippen LogP contribution is 2.36. The van der Waals surface area contributed by atoms with Gasteiger partial charge in [0.2, 0.25) is 0 Å². The molecule has 3 nitrogen and oxygen atoms in total. The molecule has 15 heavy (non-hydrogen) atoms. The van der Waals surface area contributed by atoms with Crippen LogP contribution in [0.2, 0.25) is 5.02 Å². The molecule has 1 rings (SSSR count). The minimum Gasteiger partial charge on any atom is -0.495 e. The van der Waals surface area contributed by atoms with Crippen LogP contribution in [0.5, 0.6) is 11.5 Å². The average molecular weight is 226 g/mol. The van der Waals surface area contributed by atoms with Gasteiger partial charge in [0.25, 0.3) is 0 Å². The Kier molecular flexibility index (Phi) is 4.29. The second-order valence-electron chi connectivity index (χ2n) is 2.67. The second kappa shape index (κ2) is 5.50. The van der Waals surface area contributed by atoms with Gasteiger partial charge in [-0.05, 0) is 12.1 Å². The Morgan fingerprint density at radius 3 is 2.60 bits per heavy atom. The Balaban J connectivity index is 3.24. The fourth-order valence-electron chi connectivity index (χ4n) is 1.14. The van der Waals surface area contributed by atoms with Crippen molar-refractivity contribution in [3.63, 3.8) is 0 Å². The number of hydrogen-bond donors (Lipinski definition) is 1. The van der Waals surface area contributed by atoms with Crippen LogP contribution in [0.4, 0.5) is 0 Å². The van der Waals surface area contributed by atoms with Crippen molar-refractivity contribution in [3.8, 4) is 23.3 Å². The molecule has 0 atom stereocenters. The van der Waals surface area contributed by atoms with Crippen molar-refractivity contribution in [2.24, 2.45) is 5.73 Å². The van der Waals surface area contributed by atoms with Gasteiger partial charge in [0.15, 0.2) is 5.75 Å². The second-order valence-corrected chi connectivity index (χ2v) is 3.05. The van der Waals surface area contributed by atoms with E-state index in [1.54, 1.807) is 19.2 Å². The van der Waals surface area contributed by atoms with Gasteiger partial charge >= 0.3 is 0 Å². The molecule has 0 heterocycles. The van der Waals surface area contributed by atoms with Crippen LogP contribution in [0, 0.1) is 11.8 Å². The molecule has 0 aliphatic carbocycles. The molecule has 0 amide bonds. The molecule has 0 bridgehead atoms. The van der Waals surface area contributed by atoms with Crippen LogP contribution in [0.25, 0.3) is 0 Å². The summed E-state index contributed by atoms with van der Waals surface area (Å²) < 4.78 is 10.2. The number of rotatable bonds is 2. The molecule has 0 aliphatic heterocycles. The molecule has 0 radical (unpaired) electrons. The zero-order chi connectivity index (χ0) is 11.3. The van der Waals surface area contributed by atoms with Crippen molar-refractivity contribution in [1.82, 2.24) is 0 Å². The molecule has 0 saturated heterocycles. The summed E-state index contributed by atoms with van der Waals surface area (Å²) in [6, 6.07) is 3.53. The lowest BCUT2D eigenvalue weighted by molar-refractivity contribution is 0.394. The molecule has 4 heteroatoms. The largest absolute Gasteiger partial charge is 0.495 e. The van der Waals surface area contributed by atoms with Gasteiger partial charge in [-0.15, -0.1) is 0 Å². The standard InChI is InChI=1S/C11H12ClNO2/c1-14-9-6-5-8(4-3-7-13)11(15-2)10(9)12/h5-6H,7,13H2,1-2H3. The van der Waals surface area contributed by atoms with Gasteiger partial charge < -0.3 is 15.2 Å². The van der Waals surface area contributed by atoms with E-state index in [0.717, 1.165) is 0 Å². The molecule has 0 aromatic heterocycles. The highest BCUT2D eigenvalue weighted by Gasteiger charge is 2.11. The first-order chi connectivity index (χ1) is 7.24. The highest BCUT2D eigenvalue weighted by atomic mass is 35.5. The Hall–Kier alpha value is -1.37. The topological polar surface area (TPSA) is 44.5 Å². The summed E-state index contributed by atoms with van der Waals surface area (Å²) in [6.07, 6.45) is 0. The monoisotopic (exact) mass is 225 g/mol. The molecule has 0 aliphatic rings. The third-order valence-corrected chi connectivity index (χ3v) is 2.17. The van der Waals surface area contributed by atoms with E-state index in [9.17, 15) is 0 Å². The summed E-state index contributed by atoms with van der Waals surface area (Å²) in [5.74, 6) is 6.69. The SMILES string of the molecule is COc1ccc(C#CCN)c(OC)c1Cl. The van der Waals surface area contributed by atoms with Crippen LogP contribution in [0.1, 0.15) is 5.56 Å². The smallest absolute Gasteiger partial charge is 0.156 e. The molecule has 1 aromatic rings. The minimum atomic E-state index is 0.298. The predicted molar refractivity (Wildman–Crippen MR) is 60.5 cm³/mol. The van der Waals surface area contributed by atoms with Crippen molar-refractivity contribution in [1.29, 1.82) is 0 Å². The van der Waals surface area contributed by atoms with Crippen LogP contribution in [-0.2, 0) is 0 Å². The highest BCUT2D eigenvalue weighted by molar-refractivity contribution is 6.33. The summed E-state index contributed by atoms with van der Waals surface area (Å²) in [6.45, 7) is 0.298. The van der Waals surface area contributed by atoms with Gasteiger partial charge in [-0.1, -0.05) is 23.4 Å². The maximum atomic E-state index is 6.04. The third-order valence-electron chi connectivity index (χ3n) is 1.81. The minimum absolute atomic E-state index is 0.298. The van der Waals surface area contributed by atoms with Gasteiger partial charge in [0, 0.05) is 0 Å². The summed E-state index contributed by atoms with van der Waals surface area (Å²) in [4.78, 5) is 0. The van der Waals surface area contributed by atoms with Gasteiger partial charge in [0.05, 0.1) is 26.3 Å². The van der Waals surface area contributed by atoms with Crippen LogP contribution in [0.3, 0.4) is 0 Å². The van der Waals surface area contributed by atoms with Gasteiger partial charge in [-0.2, -0.15) is 0 Å². The van der Waals surface area contributed by atoms with Crippen molar-refractivity contribution < 1.29 is 9.47 Å². The van der Waals surface area contributed by atoms with Crippen molar-refractivity contribution >= 4 is 11.6 Å². The number of methoxy groups -OCH3 is 2. The van der Waals surface area contributed by atoms with Crippen LogP contribution in [0.15, 0.2) is 12.1 Å². The van der Waals surface area contributed by atoms with Gasteiger partial charge in [-0.3, -0.25) is 0 Å². The van der Waals surface area contributed by atoms with E-state index in [1.165, 1.54) is 7.11 Å². The fourth-order valence-corrected chi connectivity index (χ4v) is 1.46. The van der Waals surface area contributed by atoms with Crippen LogP contribution >= 0.6 is 11.6 Å². The van der Waals surface area contributed by atoms with Crippen molar-refractivity contribution in [3.05, 3.63) is 22.7 Å². The van der Waals surface area contributed by atoms with Crippen molar-refractivity contribution in [2.75, 3.05) is 20.8 Å². The van der Waals surface area contributed by atoms with E-state index >= 15 is 0 Å². The Morgan fingerprint density at radius 1 is 1.33 bits per heavy atom. The number of ether oxygens (including phenoxy) is 2. The van der Waals surface area contributed by atoms with Crippen molar-refractivity contribution in [2.45, 2.75) is 0 Å². The molecular weight excluding hydrogens is 214 g/mol. The maximum Gasteiger partial charge on any atom is 0.156 e. The zero-order valence-corrected chi connectivity index (χ0v) is 9.39. The Morgan fingerprint density at radius 2 is 2.07 bits per heavy atom. The molecule has 0 fully saturated rings. The van der Waals surface area contributed by atoms with Crippen LogP contribution in [-0.4, -0.2) is 20.8 Å². The molecular formula is C11H12ClNO2. The van der Waals surface area contributed by atoms with E-state index in [4.69, 9.17) is 26.8 Å². The molecule has 1 aromatic carbocycles. The average Bonchev–Trinajstić information content (AvgIpc) is 2.26. The number of nitrogens with two attached hydrogens (primary N) is 1. The first-order valence-electron chi connectivity index (χ1n) is 4.34. The van der Waals surface area contributed by atoms with Gasteiger partial charge in [-0.25, -0.2) is 0 Å².